The van der Waals surface area contributed by atoms with E-state index in [4.69, 9.17) is 0 Å². The molecule has 3 aromatic carbocycles. The lowest BCUT2D eigenvalue weighted by Crippen LogP contribution is -2.46. The maximum atomic E-state index is 13.0. The number of anilines is 1. The zero-order valence-corrected chi connectivity index (χ0v) is 16.8. The molecule has 152 valence electrons. The highest BCUT2D eigenvalue weighted by molar-refractivity contribution is 6.07. The summed E-state index contributed by atoms with van der Waals surface area (Å²) in [6.07, 6.45) is 0. The van der Waals surface area contributed by atoms with Crippen LogP contribution in [0.15, 0.2) is 65.5 Å². The van der Waals surface area contributed by atoms with Crippen LogP contribution in [-0.2, 0) is 0 Å². The van der Waals surface area contributed by atoms with Crippen molar-refractivity contribution >= 4 is 33.3 Å². The van der Waals surface area contributed by atoms with E-state index in [9.17, 15) is 14.7 Å². The number of nitrogens with zero attached hydrogens (tertiary/aromatic N) is 3. The van der Waals surface area contributed by atoms with Gasteiger partial charge < -0.3 is 10.1 Å². The number of aliphatic hydroxyl groups is 1. The van der Waals surface area contributed by atoms with Gasteiger partial charge in [0.05, 0.1) is 29.7 Å². The van der Waals surface area contributed by atoms with Crippen LogP contribution >= 0.6 is 0 Å². The monoisotopic (exact) mass is 402 g/mol. The molecule has 0 atom stereocenters. The van der Waals surface area contributed by atoms with Crippen LogP contribution in [0.5, 0.6) is 0 Å². The molecule has 0 saturated heterocycles. The molecule has 2 N–H and O–H groups in total. The predicted molar refractivity (Wildman–Crippen MR) is 118 cm³/mol. The molecule has 0 radical (unpaired) electrons. The smallest absolute Gasteiger partial charge is 0.272 e. The number of benzene rings is 3. The fourth-order valence-electron chi connectivity index (χ4n) is 3.62. The average molecular weight is 402 g/mol. The normalized spacial score (nSPS) is 11.0. The Labute approximate surface area is 173 Å². The number of fused-ring (bicyclic) bond motifs is 3. The number of nitrogens with one attached hydrogen (secondary N) is 1. The van der Waals surface area contributed by atoms with Gasteiger partial charge >= 0.3 is 0 Å². The van der Waals surface area contributed by atoms with Gasteiger partial charge in [-0.2, -0.15) is 0 Å². The summed E-state index contributed by atoms with van der Waals surface area (Å²) in [6.45, 7) is 1.71. The zero-order chi connectivity index (χ0) is 21.3. The molecule has 7 nitrogen and oxygen atoms in total. The van der Waals surface area contributed by atoms with Gasteiger partial charge in [0.15, 0.2) is 0 Å². The molecule has 1 amide bonds. The summed E-state index contributed by atoms with van der Waals surface area (Å²) in [5, 5.41) is 14.9. The fraction of sp³-hybridized carbons (Fsp3) is 0.174. The minimum atomic E-state index is -0.222. The molecule has 7 heteroatoms. The molecule has 1 aromatic heterocycles. The van der Waals surface area contributed by atoms with Crippen molar-refractivity contribution in [2.45, 2.75) is 6.92 Å². The molecule has 0 spiro atoms. The van der Waals surface area contributed by atoms with Crippen LogP contribution in [0, 0.1) is 6.92 Å². The summed E-state index contributed by atoms with van der Waals surface area (Å²) in [5.41, 5.74) is 1.67. The van der Waals surface area contributed by atoms with Crippen molar-refractivity contribution in [3.8, 4) is 0 Å². The second kappa shape index (κ2) is 7.96. The fourth-order valence-corrected chi connectivity index (χ4v) is 3.62. The maximum Gasteiger partial charge on any atom is 0.272 e. The van der Waals surface area contributed by atoms with Crippen LogP contribution in [0.4, 0.5) is 5.69 Å². The molecule has 0 saturated carbocycles. The highest BCUT2D eigenvalue weighted by Gasteiger charge is 2.20. The summed E-state index contributed by atoms with van der Waals surface area (Å²) in [4.78, 5) is 32.8. The molecule has 0 aliphatic carbocycles. The second-order valence-electron chi connectivity index (χ2n) is 7.06. The lowest BCUT2D eigenvalue weighted by atomic mass is 10.1. The van der Waals surface area contributed by atoms with Gasteiger partial charge in [-0.3, -0.25) is 14.6 Å². The minimum Gasteiger partial charge on any atom is -0.394 e. The Balaban J connectivity index is 1.81. The molecule has 0 bridgehead atoms. The first-order valence-electron chi connectivity index (χ1n) is 9.64. The Morgan fingerprint density at radius 3 is 2.57 bits per heavy atom. The number of aromatic nitrogens is 2. The number of H-pyrrole nitrogens is 1. The minimum absolute atomic E-state index is 0.138. The lowest BCUT2D eigenvalue weighted by Gasteiger charge is -2.33. The molecule has 0 unspecified atom stereocenters. The van der Waals surface area contributed by atoms with Gasteiger partial charge in [0.1, 0.15) is 5.82 Å². The van der Waals surface area contributed by atoms with Crippen LogP contribution in [0.1, 0.15) is 16.2 Å². The third-order valence-corrected chi connectivity index (χ3v) is 5.10. The van der Waals surface area contributed by atoms with Crippen molar-refractivity contribution in [1.82, 2.24) is 15.0 Å². The molecule has 0 fully saturated rings. The summed E-state index contributed by atoms with van der Waals surface area (Å²) in [6, 6.07) is 18.3. The van der Waals surface area contributed by atoms with E-state index in [0.717, 1.165) is 10.8 Å². The highest BCUT2D eigenvalue weighted by Crippen LogP contribution is 2.27. The van der Waals surface area contributed by atoms with Crippen LogP contribution < -0.4 is 10.6 Å². The maximum absolute atomic E-state index is 13.0. The van der Waals surface area contributed by atoms with E-state index in [1.807, 2.05) is 36.4 Å². The third kappa shape index (κ3) is 3.51. The van der Waals surface area contributed by atoms with Crippen molar-refractivity contribution in [2.24, 2.45) is 0 Å². The Morgan fingerprint density at radius 1 is 1.10 bits per heavy atom. The first-order valence-corrected chi connectivity index (χ1v) is 9.64. The van der Waals surface area contributed by atoms with Crippen molar-refractivity contribution in [3.05, 3.63) is 82.4 Å². The topological polar surface area (TPSA) is 89.5 Å². The van der Waals surface area contributed by atoms with E-state index < -0.39 is 0 Å². The molecule has 30 heavy (non-hydrogen) atoms. The Hall–Kier alpha value is -3.71. The van der Waals surface area contributed by atoms with E-state index in [0.29, 0.717) is 28.0 Å². The van der Waals surface area contributed by atoms with Crippen LogP contribution in [-0.4, -0.2) is 46.2 Å². The average Bonchev–Trinajstić information content (AvgIpc) is 2.76. The Morgan fingerprint density at radius 2 is 1.83 bits per heavy atom. The largest absolute Gasteiger partial charge is 0.394 e. The third-order valence-electron chi connectivity index (χ3n) is 5.10. The lowest BCUT2D eigenvalue weighted by molar-refractivity contribution is 0.0710. The quantitative estimate of drug-likeness (QED) is 0.396. The van der Waals surface area contributed by atoms with Crippen LogP contribution in [0.2, 0.25) is 0 Å². The van der Waals surface area contributed by atoms with Crippen molar-refractivity contribution in [3.63, 3.8) is 0 Å². The highest BCUT2D eigenvalue weighted by atomic mass is 16.3. The number of carbonyl (C=O) groups excluding carboxylic acids is 1. The van der Waals surface area contributed by atoms with Crippen molar-refractivity contribution in [2.75, 3.05) is 25.2 Å². The second-order valence-corrected chi connectivity index (χ2v) is 7.06. The number of aryl methyl sites for hydroxylation is 1. The van der Waals surface area contributed by atoms with Gasteiger partial charge in [-0.15, -0.1) is 0 Å². The van der Waals surface area contributed by atoms with Crippen LogP contribution in [0.3, 0.4) is 0 Å². The number of amides is 1. The molecular formula is C23H22N4O3. The Bertz CT molecular complexity index is 1280. The van der Waals surface area contributed by atoms with Gasteiger partial charge in [0.25, 0.3) is 11.5 Å². The Kier molecular flexibility index (Phi) is 5.20. The van der Waals surface area contributed by atoms with Gasteiger partial charge in [0, 0.05) is 12.6 Å². The van der Waals surface area contributed by atoms with Crippen molar-refractivity contribution < 1.29 is 9.90 Å². The summed E-state index contributed by atoms with van der Waals surface area (Å²) in [7, 11) is 1.76. The molecule has 1 heterocycles. The number of hydrogen-bond acceptors (Lipinski definition) is 5. The van der Waals surface area contributed by atoms with E-state index in [1.165, 1.54) is 5.01 Å². The standard InChI is InChI=1S/C23H22N4O3/c1-15-24-20-11-9-16-8-10-18(14-19(16)21(20)22(29)25-15)26(2)27(12-13-28)23(30)17-6-4-3-5-7-17/h3-11,14,28H,12-13H2,1-2H3,(H,24,25,29). The van der Waals surface area contributed by atoms with Crippen LogP contribution in [0.25, 0.3) is 21.7 Å². The van der Waals surface area contributed by atoms with Gasteiger partial charge in [-0.1, -0.05) is 30.3 Å². The van der Waals surface area contributed by atoms with Crippen molar-refractivity contribution in [1.29, 1.82) is 0 Å². The molecule has 4 aromatic rings. The first kappa shape index (κ1) is 19.6. The SMILES string of the molecule is Cc1nc2ccc3ccc(N(C)N(CCO)C(=O)c4ccccc4)cc3c2c(=O)[nH]1. The first-order chi connectivity index (χ1) is 14.5. The number of carbonyl (C=O) groups is 1. The van der Waals surface area contributed by atoms with Gasteiger partial charge in [0.2, 0.25) is 0 Å². The molecule has 4 rings (SSSR count). The van der Waals surface area contributed by atoms with E-state index >= 15 is 0 Å². The number of hydrazine groups is 1. The van der Waals surface area contributed by atoms with Gasteiger partial charge in [-0.05, 0) is 48.0 Å². The molecular weight excluding hydrogens is 380 g/mol. The molecule has 0 aliphatic heterocycles. The van der Waals surface area contributed by atoms with E-state index in [2.05, 4.69) is 9.97 Å². The number of aromatic amines is 1. The molecule has 0 aliphatic rings. The summed E-state index contributed by atoms with van der Waals surface area (Å²) >= 11 is 0. The summed E-state index contributed by atoms with van der Waals surface area (Å²) < 4.78 is 0. The van der Waals surface area contributed by atoms with E-state index in [1.54, 1.807) is 43.2 Å². The predicted octanol–water partition coefficient (Wildman–Crippen LogP) is 2.87. The number of aliphatic hydroxyl groups excluding tert-OH is 1. The summed E-state index contributed by atoms with van der Waals surface area (Å²) in [5.74, 6) is 0.336. The zero-order valence-electron chi connectivity index (χ0n) is 16.8. The van der Waals surface area contributed by atoms with Gasteiger partial charge in [-0.25, -0.2) is 9.99 Å². The number of rotatable bonds is 5. The van der Waals surface area contributed by atoms with E-state index in [-0.39, 0.29) is 24.6 Å². The number of hydrogen-bond donors (Lipinski definition) is 2.